The first kappa shape index (κ1) is 10.9. The Balaban J connectivity index is 2.06. The molecule has 0 aliphatic carbocycles. The second-order valence-electron chi connectivity index (χ2n) is 3.49. The third-order valence-electron chi connectivity index (χ3n) is 2.52. The van der Waals surface area contributed by atoms with Crippen LogP contribution >= 0.6 is 34.9 Å². The van der Waals surface area contributed by atoms with Gasteiger partial charge >= 0.3 is 0 Å². The van der Waals surface area contributed by atoms with E-state index in [0.29, 0.717) is 10.5 Å². The molecule has 0 saturated carbocycles. The van der Waals surface area contributed by atoms with Gasteiger partial charge in [0.2, 0.25) is 0 Å². The lowest BCUT2D eigenvalue weighted by atomic mass is 10.1. The molecule has 1 aromatic heterocycles. The summed E-state index contributed by atoms with van der Waals surface area (Å²) in [5.74, 6) is 2.52. The monoisotopic (exact) mass is 245 g/mol. The first-order valence-electron chi connectivity index (χ1n) is 4.80. The van der Waals surface area contributed by atoms with Crippen molar-refractivity contribution < 1.29 is 0 Å². The number of rotatable bonds is 2. The van der Waals surface area contributed by atoms with E-state index in [2.05, 4.69) is 35.5 Å². The van der Waals surface area contributed by atoms with Gasteiger partial charge in [-0.05, 0) is 22.4 Å². The summed E-state index contributed by atoms with van der Waals surface area (Å²) in [5.41, 5.74) is 7.58. The van der Waals surface area contributed by atoms with Crippen molar-refractivity contribution in [3.8, 4) is 0 Å². The third-order valence-corrected chi connectivity index (χ3v) is 6.44. The number of hydrogen-bond acceptors (Lipinski definition) is 4. The maximum absolute atomic E-state index is 6.28. The van der Waals surface area contributed by atoms with E-state index in [-0.39, 0.29) is 6.04 Å². The van der Waals surface area contributed by atoms with Gasteiger partial charge < -0.3 is 5.73 Å². The minimum absolute atomic E-state index is 0.217. The van der Waals surface area contributed by atoms with Crippen molar-refractivity contribution in [2.45, 2.75) is 23.5 Å². The largest absolute Gasteiger partial charge is 0.323 e. The summed E-state index contributed by atoms with van der Waals surface area (Å²) in [5, 5.41) is 5.56. The van der Waals surface area contributed by atoms with Crippen LogP contribution in [0, 0.1) is 0 Å². The van der Waals surface area contributed by atoms with E-state index < -0.39 is 0 Å². The van der Waals surface area contributed by atoms with Gasteiger partial charge in [0.25, 0.3) is 0 Å². The SMILES string of the molecule is CC1SCCSC1C(N)c1ccsc1. The second kappa shape index (κ2) is 4.92. The molecule has 1 aliphatic rings. The van der Waals surface area contributed by atoms with Crippen LogP contribution in [0.2, 0.25) is 0 Å². The van der Waals surface area contributed by atoms with Gasteiger partial charge in [-0.1, -0.05) is 6.92 Å². The van der Waals surface area contributed by atoms with Crippen molar-refractivity contribution in [2.75, 3.05) is 11.5 Å². The fourth-order valence-electron chi connectivity index (χ4n) is 1.70. The van der Waals surface area contributed by atoms with Crippen molar-refractivity contribution in [1.82, 2.24) is 0 Å². The summed E-state index contributed by atoms with van der Waals surface area (Å²) in [6, 6.07) is 2.37. The molecule has 0 amide bonds. The highest BCUT2D eigenvalue weighted by Crippen LogP contribution is 2.37. The summed E-state index contributed by atoms with van der Waals surface area (Å²) in [6.07, 6.45) is 0. The Morgan fingerprint density at radius 2 is 2.21 bits per heavy atom. The molecule has 4 heteroatoms. The number of thiophene rings is 1. The van der Waals surface area contributed by atoms with E-state index in [1.54, 1.807) is 11.3 Å². The second-order valence-corrected chi connectivity index (χ2v) is 7.04. The van der Waals surface area contributed by atoms with Crippen molar-refractivity contribution >= 4 is 34.9 Å². The van der Waals surface area contributed by atoms with Gasteiger partial charge in [0, 0.05) is 28.0 Å². The molecule has 0 spiro atoms. The van der Waals surface area contributed by atoms with Gasteiger partial charge in [-0.3, -0.25) is 0 Å². The number of nitrogens with two attached hydrogens (primary N) is 1. The molecule has 1 saturated heterocycles. The normalized spacial score (nSPS) is 30.1. The summed E-state index contributed by atoms with van der Waals surface area (Å²) in [4.78, 5) is 0. The maximum Gasteiger partial charge on any atom is 0.0434 e. The molecule has 1 aromatic rings. The maximum atomic E-state index is 6.28. The summed E-state index contributed by atoms with van der Waals surface area (Å²) in [7, 11) is 0. The Hall–Kier alpha value is 0.360. The minimum Gasteiger partial charge on any atom is -0.323 e. The fourth-order valence-corrected chi connectivity index (χ4v) is 5.29. The highest BCUT2D eigenvalue weighted by atomic mass is 32.2. The number of hydrogen-bond donors (Lipinski definition) is 1. The number of thioether (sulfide) groups is 2. The Morgan fingerprint density at radius 1 is 1.43 bits per heavy atom. The Kier molecular flexibility index (Phi) is 3.82. The smallest absolute Gasteiger partial charge is 0.0434 e. The van der Waals surface area contributed by atoms with Crippen LogP contribution in [0.5, 0.6) is 0 Å². The quantitative estimate of drug-likeness (QED) is 0.867. The Labute approximate surface area is 97.8 Å². The van der Waals surface area contributed by atoms with Crippen molar-refractivity contribution in [3.63, 3.8) is 0 Å². The van der Waals surface area contributed by atoms with Crippen LogP contribution in [-0.4, -0.2) is 22.0 Å². The highest BCUT2D eigenvalue weighted by molar-refractivity contribution is 8.07. The zero-order chi connectivity index (χ0) is 9.97. The van der Waals surface area contributed by atoms with Gasteiger partial charge in [0.1, 0.15) is 0 Å². The molecule has 14 heavy (non-hydrogen) atoms. The Bertz CT molecular complexity index is 273. The van der Waals surface area contributed by atoms with Gasteiger partial charge in [0.05, 0.1) is 0 Å². The van der Waals surface area contributed by atoms with Gasteiger partial charge in [-0.25, -0.2) is 0 Å². The highest BCUT2D eigenvalue weighted by Gasteiger charge is 2.28. The van der Waals surface area contributed by atoms with Crippen molar-refractivity contribution in [1.29, 1.82) is 0 Å². The first-order valence-corrected chi connectivity index (χ1v) is 7.84. The molecule has 1 nitrogen and oxygen atoms in total. The Morgan fingerprint density at radius 3 is 2.86 bits per heavy atom. The molecule has 3 atom stereocenters. The zero-order valence-corrected chi connectivity index (χ0v) is 10.6. The third kappa shape index (κ3) is 2.30. The zero-order valence-electron chi connectivity index (χ0n) is 8.18. The average molecular weight is 245 g/mol. The molecule has 2 N–H and O–H groups in total. The molecule has 2 heterocycles. The molecule has 2 rings (SSSR count). The van der Waals surface area contributed by atoms with Crippen LogP contribution in [0.25, 0.3) is 0 Å². The lowest BCUT2D eigenvalue weighted by Crippen LogP contribution is -2.33. The van der Waals surface area contributed by atoms with Crippen LogP contribution in [0.1, 0.15) is 18.5 Å². The molecule has 0 aromatic carbocycles. The van der Waals surface area contributed by atoms with Crippen molar-refractivity contribution in [3.05, 3.63) is 22.4 Å². The topological polar surface area (TPSA) is 26.0 Å². The molecule has 3 unspecified atom stereocenters. The lowest BCUT2D eigenvalue weighted by molar-refractivity contribution is 0.666. The summed E-state index contributed by atoms with van der Waals surface area (Å²) >= 11 is 5.83. The molecule has 0 radical (unpaired) electrons. The van der Waals surface area contributed by atoms with E-state index in [9.17, 15) is 0 Å². The van der Waals surface area contributed by atoms with Crippen molar-refractivity contribution in [2.24, 2.45) is 5.73 Å². The molecule has 78 valence electrons. The van der Waals surface area contributed by atoms with E-state index in [4.69, 9.17) is 5.73 Å². The average Bonchev–Trinajstić information content (AvgIpc) is 2.70. The van der Waals surface area contributed by atoms with Gasteiger partial charge in [-0.2, -0.15) is 34.9 Å². The predicted molar refractivity (Wildman–Crippen MR) is 69.4 cm³/mol. The fraction of sp³-hybridized carbons (Fsp3) is 0.600. The van der Waals surface area contributed by atoms with Crippen LogP contribution in [0.3, 0.4) is 0 Å². The minimum atomic E-state index is 0.217. The van der Waals surface area contributed by atoms with Crippen LogP contribution < -0.4 is 5.73 Å². The van der Waals surface area contributed by atoms with Gasteiger partial charge in [0.15, 0.2) is 0 Å². The predicted octanol–water partition coefficient (Wildman–Crippen LogP) is 2.99. The first-order chi connectivity index (χ1) is 6.79. The molecule has 0 bridgehead atoms. The molecule has 1 aliphatic heterocycles. The summed E-state index contributed by atoms with van der Waals surface area (Å²) < 4.78 is 0. The van der Waals surface area contributed by atoms with Crippen LogP contribution in [0.4, 0.5) is 0 Å². The molecular weight excluding hydrogens is 230 g/mol. The van der Waals surface area contributed by atoms with Crippen LogP contribution in [-0.2, 0) is 0 Å². The standard InChI is InChI=1S/C10H15NS3/c1-7-10(14-5-4-13-7)9(11)8-2-3-12-6-8/h2-3,6-7,9-10H,4-5,11H2,1H3. The van der Waals surface area contributed by atoms with E-state index in [1.807, 2.05) is 11.8 Å². The molecule has 1 fully saturated rings. The van der Waals surface area contributed by atoms with E-state index in [0.717, 1.165) is 0 Å². The van der Waals surface area contributed by atoms with E-state index in [1.165, 1.54) is 17.1 Å². The summed E-state index contributed by atoms with van der Waals surface area (Å²) in [6.45, 7) is 2.30. The molecular formula is C10H15NS3. The van der Waals surface area contributed by atoms with Crippen LogP contribution in [0.15, 0.2) is 16.8 Å². The van der Waals surface area contributed by atoms with E-state index >= 15 is 0 Å². The lowest BCUT2D eigenvalue weighted by Gasteiger charge is -2.32. The van der Waals surface area contributed by atoms with Gasteiger partial charge in [-0.15, -0.1) is 0 Å².